The van der Waals surface area contributed by atoms with E-state index >= 15 is 0 Å². The molecule has 1 heterocycles. The monoisotopic (exact) mass is 417 g/mol. The van der Waals surface area contributed by atoms with Gasteiger partial charge in [0.25, 0.3) is 0 Å². The van der Waals surface area contributed by atoms with E-state index in [4.69, 9.17) is 23.2 Å². The van der Waals surface area contributed by atoms with Crippen molar-refractivity contribution in [2.24, 2.45) is 0 Å². The second kappa shape index (κ2) is 6.94. The third-order valence-corrected chi connectivity index (χ3v) is 5.34. The van der Waals surface area contributed by atoms with Crippen LogP contribution in [0.25, 0.3) is 11.4 Å². The van der Waals surface area contributed by atoms with E-state index in [1.54, 1.807) is 24.3 Å². The number of sulfone groups is 1. The van der Waals surface area contributed by atoms with Crippen molar-refractivity contribution in [3.63, 3.8) is 0 Å². The molecule has 3 aromatic rings. The van der Waals surface area contributed by atoms with Crippen molar-refractivity contribution in [1.29, 1.82) is 0 Å². The van der Waals surface area contributed by atoms with Gasteiger partial charge in [-0.25, -0.2) is 8.42 Å². The van der Waals surface area contributed by atoms with Crippen molar-refractivity contribution >= 4 is 33.0 Å². The van der Waals surface area contributed by atoms with Crippen LogP contribution in [-0.2, 0) is 21.0 Å². The van der Waals surface area contributed by atoms with Crippen molar-refractivity contribution in [2.45, 2.75) is 16.0 Å². The zero-order valence-corrected chi connectivity index (χ0v) is 15.1. The van der Waals surface area contributed by atoms with Crippen LogP contribution >= 0.6 is 23.2 Å². The summed E-state index contributed by atoms with van der Waals surface area (Å²) in [6.45, 7) is 0. The Morgan fingerprint density at radius 2 is 1.88 bits per heavy atom. The van der Waals surface area contributed by atoms with E-state index < -0.39 is 21.1 Å². The SMILES string of the molecule is O=S(=O)(Cc1ccc(Cl)cc1)c1[c]ccc(-c2noc(C(F)(F)Cl)n2)c1. The smallest absolute Gasteiger partial charge is 0.331 e. The Morgan fingerprint density at radius 3 is 2.50 bits per heavy atom. The van der Waals surface area contributed by atoms with Gasteiger partial charge in [-0.15, -0.1) is 0 Å². The van der Waals surface area contributed by atoms with Crippen molar-refractivity contribution in [2.75, 3.05) is 0 Å². The van der Waals surface area contributed by atoms with Gasteiger partial charge in [-0.05, 0) is 35.4 Å². The molecule has 0 aliphatic rings. The summed E-state index contributed by atoms with van der Waals surface area (Å²) in [5.74, 6) is -1.56. The summed E-state index contributed by atoms with van der Waals surface area (Å²) >= 11 is 10.6. The molecule has 0 atom stereocenters. The van der Waals surface area contributed by atoms with E-state index in [-0.39, 0.29) is 22.0 Å². The highest BCUT2D eigenvalue weighted by Crippen LogP contribution is 2.32. The van der Waals surface area contributed by atoms with Gasteiger partial charge in [-0.2, -0.15) is 13.8 Å². The normalized spacial score (nSPS) is 12.3. The van der Waals surface area contributed by atoms with E-state index in [1.807, 2.05) is 0 Å². The minimum absolute atomic E-state index is 0.131. The number of nitrogens with zero attached hydrogens (tertiary/aromatic N) is 2. The van der Waals surface area contributed by atoms with E-state index in [2.05, 4.69) is 20.7 Å². The van der Waals surface area contributed by atoms with Crippen LogP contribution < -0.4 is 0 Å². The Morgan fingerprint density at radius 1 is 1.19 bits per heavy atom. The van der Waals surface area contributed by atoms with Gasteiger partial charge in [-0.1, -0.05) is 41.0 Å². The molecule has 0 bridgehead atoms. The molecule has 0 N–H and O–H groups in total. The molecular formula is C16H9Cl2F2N2O3S. The molecule has 10 heteroatoms. The number of aromatic nitrogens is 2. The molecule has 0 amide bonds. The molecule has 1 radical (unpaired) electrons. The summed E-state index contributed by atoms with van der Waals surface area (Å²) in [6, 6.07) is 12.9. The molecule has 0 unspecified atom stereocenters. The number of rotatable bonds is 5. The molecule has 0 aliphatic carbocycles. The predicted molar refractivity (Wildman–Crippen MR) is 90.7 cm³/mol. The summed E-state index contributed by atoms with van der Waals surface area (Å²) in [5.41, 5.74) is 0.714. The van der Waals surface area contributed by atoms with Crippen LogP contribution in [0.4, 0.5) is 8.78 Å². The average molecular weight is 418 g/mol. The fraction of sp³-hybridized carbons (Fsp3) is 0.125. The molecule has 0 fully saturated rings. The third kappa shape index (κ3) is 4.20. The van der Waals surface area contributed by atoms with Crippen LogP contribution in [0.15, 0.2) is 51.9 Å². The van der Waals surface area contributed by atoms with Crippen molar-refractivity contribution in [1.82, 2.24) is 10.1 Å². The Kier molecular flexibility index (Phi) is 5.01. The fourth-order valence-electron chi connectivity index (χ4n) is 2.10. The molecular weight excluding hydrogens is 409 g/mol. The number of benzene rings is 2. The first-order chi connectivity index (χ1) is 12.1. The molecule has 2 aromatic carbocycles. The molecule has 0 spiro atoms. The number of hydrogen-bond donors (Lipinski definition) is 0. The minimum atomic E-state index is -3.81. The van der Waals surface area contributed by atoms with Gasteiger partial charge in [0.15, 0.2) is 9.84 Å². The molecule has 135 valence electrons. The van der Waals surface area contributed by atoms with Crippen molar-refractivity contribution < 1.29 is 21.7 Å². The molecule has 26 heavy (non-hydrogen) atoms. The van der Waals surface area contributed by atoms with Crippen LogP contribution in [0, 0.1) is 6.07 Å². The number of halogens is 4. The summed E-state index contributed by atoms with van der Waals surface area (Å²) < 4.78 is 55.5. The first-order valence-electron chi connectivity index (χ1n) is 7.05. The first-order valence-corrected chi connectivity index (χ1v) is 9.46. The lowest BCUT2D eigenvalue weighted by Crippen LogP contribution is -2.05. The van der Waals surface area contributed by atoms with E-state index in [0.29, 0.717) is 10.6 Å². The molecule has 0 aliphatic heterocycles. The van der Waals surface area contributed by atoms with Crippen molar-refractivity contribution in [3.8, 4) is 11.4 Å². The van der Waals surface area contributed by atoms with Gasteiger partial charge >= 0.3 is 11.3 Å². The van der Waals surface area contributed by atoms with E-state index in [9.17, 15) is 17.2 Å². The second-order valence-corrected chi connectivity index (χ2v) is 8.12. The highest BCUT2D eigenvalue weighted by molar-refractivity contribution is 7.90. The second-order valence-electron chi connectivity index (χ2n) is 5.25. The number of alkyl halides is 3. The Balaban J connectivity index is 1.91. The lowest BCUT2D eigenvalue weighted by atomic mass is 10.2. The van der Waals surface area contributed by atoms with Gasteiger partial charge in [0, 0.05) is 16.7 Å². The van der Waals surface area contributed by atoms with Crippen molar-refractivity contribution in [3.05, 3.63) is 65.0 Å². The maximum absolute atomic E-state index is 13.0. The highest BCUT2D eigenvalue weighted by atomic mass is 35.5. The van der Waals surface area contributed by atoms with Crippen LogP contribution in [0.5, 0.6) is 0 Å². The predicted octanol–water partition coefficient (Wildman–Crippen LogP) is 4.45. The molecule has 0 saturated carbocycles. The van der Waals surface area contributed by atoms with Gasteiger partial charge in [0.05, 0.1) is 10.6 Å². The third-order valence-electron chi connectivity index (χ3n) is 3.31. The lowest BCUT2D eigenvalue weighted by molar-refractivity contribution is 0.0551. The Hall–Kier alpha value is -2.03. The van der Waals surface area contributed by atoms with E-state index in [1.165, 1.54) is 18.2 Å². The highest BCUT2D eigenvalue weighted by Gasteiger charge is 2.35. The quantitative estimate of drug-likeness (QED) is 0.573. The van der Waals surface area contributed by atoms with Crippen LogP contribution in [0.1, 0.15) is 11.5 Å². The molecule has 1 aromatic heterocycles. The molecule has 5 nitrogen and oxygen atoms in total. The largest absolute Gasteiger partial charge is 0.400 e. The summed E-state index contributed by atoms with van der Waals surface area (Å²) in [5, 5.41) is 0.0755. The maximum atomic E-state index is 13.0. The zero-order chi connectivity index (χ0) is 18.9. The average Bonchev–Trinajstić information content (AvgIpc) is 3.07. The maximum Gasteiger partial charge on any atom is 0.400 e. The fourth-order valence-corrected chi connectivity index (χ4v) is 3.64. The standard InChI is InChI=1S/C16H9Cl2F2N2O3S/c17-12-6-4-10(5-7-12)9-26(23,24)13-3-1-2-11(8-13)14-21-15(25-22-14)16(18,19)20/h1-2,4-8H,9H2. The summed E-state index contributed by atoms with van der Waals surface area (Å²) in [6.07, 6.45) is 0. The first kappa shape index (κ1) is 18.8. The van der Waals surface area contributed by atoms with E-state index in [0.717, 1.165) is 0 Å². The Labute approximate surface area is 157 Å². The van der Waals surface area contributed by atoms with Gasteiger partial charge in [0.1, 0.15) is 0 Å². The van der Waals surface area contributed by atoms with Gasteiger partial charge in [0.2, 0.25) is 5.82 Å². The number of hydrogen-bond acceptors (Lipinski definition) is 5. The molecule has 0 saturated heterocycles. The van der Waals surface area contributed by atoms with Crippen LogP contribution in [0.2, 0.25) is 5.02 Å². The van der Waals surface area contributed by atoms with Crippen LogP contribution in [-0.4, -0.2) is 18.6 Å². The summed E-state index contributed by atoms with van der Waals surface area (Å²) in [4.78, 5) is 3.35. The lowest BCUT2D eigenvalue weighted by Gasteiger charge is -2.06. The molecule has 3 rings (SSSR count). The zero-order valence-electron chi connectivity index (χ0n) is 12.8. The van der Waals surface area contributed by atoms with Crippen LogP contribution in [0.3, 0.4) is 0 Å². The summed E-state index contributed by atoms with van der Waals surface area (Å²) in [7, 11) is -3.74. The minimum Gasteiger partial charge on any atom is -0.331 e. The van der Waals surface area contributed by atoms with Gasteiger partial charge in [-0.3, -0.25) is 0 Å². The Bertz CT molecular complexity index is 1030. The van der Waals surface area contributed by atoms with Gasteiger partial charge < -0.3 is 4.52 Å². The topological polar surface area (TPSA) is 73.1 Å².